The van der Waals surface area contributed by atoms with Crippen LogP contribution >= 0.6 is 0 Å². The summed E-state index contributed by atoms with van der Waals surface area (Å²) in [6.07, 6.45) is 1.32. The first-order chi connectivity index (χ1) is 2.91. The number of hydrazone groups is 1. The fourth-order valence-corrected chi connectivity index (χ4v) is 0.105. The summed E-state index contributed by atoms with van der Waals surface area (Å²) in [5.41, 5.74) is 2.51. The van der Waals surface area contributed by atoms with E-state index in [1.165, 1.54) is 6.40 Å². The summed E-state index contributed by atoms with van der Waals surface area (Å²) >= 11 is 0. The van der Waals surface area contributed by atoms with E-state index < -0.39 is 0 Å². The van der Waals surface area contributed by atoms with E-state index in [4.69, 9.17) is 0 Å². The number of nitrogens with zero attached hydrogens (tertiary/aromatic N) is 1. The molecule has 36 valence electrons. The third-order valence-corrected chi connectivity index (χ3v) is 0.287. The zero-order chi connectivity index (χ0) is 4.83. The quantitative estimate of drug-likeness (QED) is 0.288. The monoisotopic (exact) mass is 88.1 g/mol. The topological polar surface area (TPSA) is 33.6 Å². The normalized spacial score (nSPS) is 9.00. The summed E-state index contributed by atoms with van der Waals surface area (Å²) in [5.74, 6) is 0. The van der Waals surface area contributed by atoms with E-state index in [9.17, 15) is 0 Å². The number of rotatable bonds is 2. The third-order valence-electron chi connectivity index (χ3n) is 0.287. The summed E-state index contributed by atoms with van der Waals surface area (Å²) in [4.78, 5) is 0. The maximum absolute atomic E-state index is 4.43. The van der Waals surface area contributed by atoms with Crippen molar-refractivity contribution in [1.29, 1.82) is 0 Å². The van der Waals surface area contributed by atoms with Gasteiger partial charge in [0.1, 0.15) is 0 Å². The van der Waals surface area contributed by atoms with Crippen LogP contribution in [0.3, 0.4) is 0 Å². The zero-order valence-electron chi connectivity index (χ0n) is 3.93. The van der Waals surface area contributed by atoms with Gasteiger partial charge in [-0.1, -0.05) is 0 Å². The SMILES string of the molecule is CN/N=C\OC. The molecule has 0 spiro atoms. The molecule has 0 aromatic rings. The average Bonchev–Trinajstić information content (AvgIpc) is 1.61. The minimum Gasteiger partial charge on any atom is -0.485 e. The molecular formula is C3H8N2O. The van der Waals surface area contributed by atoms with Gasteiger partial charge in [0, 0.05) is 7.05 Å². The molecule has 1 N–H and O–H groups in total. The number of nitrogens with one attached hydrogen (secondary N) is 1. The first kappa shape index (κ1) is 5.27. The van der Waals surface area contributed by atoms with Crippen molar-refractivity contribution >= 4 is 6.40 Å². The van der Waals surface area contributed by atoms with Crippen LogP contribution in [0.2, 0.25) is 0 Å². The molecule has 0 aromatic heterocycles. The van der Waals surface area contributed by atoms with Gasteiger partial charge in [0.2, 0.25) is 0 Å². The molecule has 0 amide bonds. The molecule has 0 fully saturated rings. The fraction of sp³-hybridized carbons (Fsp3) is 0.667. The molecule has 0 saturated carbocycles. The summed E-state index contributed by atoms with van der Waals surface area (Å²) in [5, 5.41) is 3.49. The van der Waals surface area contributed by atoms with Crippen LogP contribution in [-0.4, -0.2) is 20.6 Å². The Kier molecular flexibility index (Phi) is 3.75. The van der Waals surface area contributed by atoms with Crippen molar-refractivity contribution in [2.45, 2.75) is 0 Å². The summed E-state index contributed by atoms with van der Waals surface area (Å²) < 4.78 is 4.43. The van der Waals surface area contributed by atoms with Crippen LogP contribution in [0.1, 0.15) is 0 Å². The van der Waals surface area contributed by atoms with Gasteiger partial charge >= 0.3 is 0 Å². The predicted molar refractivity (Wildman–Crippen MR) is 24.6 cm³/mol. The Morgan fingerprint density at radius 2 is 2.50 bits per heavy atom. The van der Waals surface area contributed by atoms with Crippen molar-refractivity contribution in [3.63, 3.8) is 0 Å². The van der Waals surface area contributed by atoms with Gasteiger partial charge < -0.3 is 10.2 Å². The Balaban J connectivity index is 2.73. The molecule has 0 bridgehead atoms. The molecule has 0 saturated heterocycles. The van der Waals surface area contributed by atoms with Crippen molar-refractivity contribution in [3.05, 3.63) is 0 Å². The van der Waals surface area contributed by atoms with Gasteiger partial charge in [0.05, 0.1) is 7.11 Å². The van der Waals surface area contributed by atoms with E-state index in [1.807, 2.05) is 0 Å². The van der Waals surface area contributed by atoms with Gasteiger partial charge in [-0.25, -0.2) is 0 Å². The Morgan fingerprint density at radius 3 is 2.67 bits per heavy atom. The van der Waals surface area contributed by atoms with Crippen molar-refractivity contribution in [1.82, 2.24) is 5.43 Å². The highest BCUT2D eigenvalue weighted by molar-refractivity contribution is 5.45. The molecule has 0 rings (SSSR count). The van der Waals surface area contributed by atoms with Crippen LogP contribution in [0, 0.1) is 0 Å². The lowest BCUT2D eigenvalue weighted by Crippen LogP contribution is -1.93. The van der Waals surface area contributed by atoms with Crippen LogP contribution in [0.15, 0.2) is 5.10 Å². The molecule has 3 nitrogen and oxygen atoms in total. The van der Waals surface area contributed by atoms with Crippen LogP contribution < -0.4 is 5.43 Å². The van der Waals surface area contributed by atoms with Crippen molar-refractivity contribution in [2.75, 3.05) is 14.2 Å². The van der Waals surface area contributed by atoms with E-state index in [-0.39, 0.29) is 0 Å². The molecule has 0 aliphatic heterocycles. The maximum Gasteiger partial charge on any atom is 0.192 e. The smallest absolute Gasteiger partial charge is 0.192 e. The zero-order valence-corrected chi connectivity index (χ0v) is 3.93. The highest BCUT2D eigenvalue weighted by Crippen LogP contribution is 1.49. The third kappa shape index (κ3) is 3.27. The van der Waals surface area contributed by atoms with Gasteiger partial charge in [0.15, 0.2) is 6.40 Å². The second-order valence-electron chi connectivity index (χ2n) is 0.694. The summed E-state index contributed by atoms with van der Waals surface area (Å²) in [6.45, 7) is 0. The van der Waals surface area contributed by atoms with Gasteiger partial charge in [0.25, 0.3) is 0 Å². The second-order valence-corrected chi connectivity index (χ2v) is 0.694. The highest BCUT2D eigenvalue weighted by Gasteiger charge is 1.54. The maximum atomic E-state index is 4.43. The fourth-order valence-electron chi connectivity index (χ4n) is 0.105. The lowest BCUT2D eigenvalue weighted by Gasteiger charge is -1.82. The Labute approximate surface area is 37.0 Å². The van der Waals surface area contributed by atoms with Crippen molar-refractivity contribution in [2.24, 2.45) is 5.10 Å². The van der Waals surface area contributed by atoms with Crippen molar-refractivity contribution in [3.8, 4) is 0 Å². The molecular weight excluding hydrogens is 80.0 g/mol. The summed E-state index contributed by atoms with van der Waals surface area (Å²) in [6, 6.07) is 0. The molecule has 0 unspecified atom stereocenters. The van der Waals surface area contributed by atoms with E-state index in [0.717, 1.165) is 0 Å². The lowest BCUT2D eigenvalue weighted by atomic mass is 11.4. The van der Waals surface area contributed by atoms with Crippen LogP contribution in [0.5, 0.6) is 0 Å². The minimum absolute atomic E-state index is 1.32. The van der Waals surface area contributed by atoms with E-state index in [0.29, 0.717) is 0 Å². The molecule has 3 heteroatoms. The summed E-state index contributed by atoms with van der Waals surface area (Å²) in [7, 11) is 3.25. The molecule has 0 radical (unpaired) electrons. The molecule has 0 atom stereocenters. The number of hydrogen-bond acceptors (Lipinski definition) is 3. The Bertz CT molecular complexity index is 38.1. The average molecular weight is 88.1 g/mol. The van der Waals surface area contributed by atoms with Gasteiger partial charge in [-0.15, -0.1) is 0 Å². The van der Waals surface area contributed by atoms with Gasteiger partial charge in [-0.2, -0.15) is 5.10 Å². The highest BCUT2D eigenvalue weighted by atomic mass is 16.5. The van der Waals surface area contributed by atoms with Crippen LogP contribution in [0.4, 0.5) is 0 Å². The number of methoxy groups -OCH3 is 1. The molecule has 0 aromatic carbocycles. The van der Waals surface area contributed by atoms with Gasteiger partial charge in [-0.05, 0) is 0 Å². The standard InChI is InChI=1S/C3H8N2O/c1-4-5-3-6-2/h3-4H,1-2H3/b5-3-. The first-order valence-corrected chi connectivity index (χ1v) is 1.63. The van der Waals surface area contributed by atoms with Crippen LogP contribution in [0.25, 0.3) is 0 Å². The largest absolute Gasteiger partial charge is 0.485 e. The van der Waals surface area contributed by atoms with Crippen molar-refractivity contribution < 1.29 is 4.74 Å². The van der Waals surface area contributed by atoms with E-state index >= 15 is 0 Å². The van der Waals surface area contributed by atoms with E-state index in [2.05, 4.69) is 15.3 Å². The molecule has 6 heavy (non-hydrogen) atoms. The molecule has 0 aliphatic carbocycles. The second kappa shape index (κ2) is 4.27. The number of ether oxygens (including phenoxy) is 1. The first-order valence-electron chi connectivity index (χ1n) is 1.63. The minimum atomic E-state index is 1.32. The molecule has 0 heterocycles. The van der Waals surface area contributed by atoms with Crippen LogP contribution in [-0.2, 0) is 4.74 Å². The van der Waals surface area contributed by atoms with Gasteiger partial charge in [-0.3, -0.25) is 0 Å². The lowest BCUT2D eigenvalue weighted by molar-refractivity contribution is 0.418. The Morgan fingerprint density at radius 1 is 1.83 bits per heavy atom. The molecule has 0 aliphatic rings. The van der Waals surface area contributed by atoms with E-state index in [1.54, 1.807) is 14.2 Å². The number of hydrogen-bond donors (Lipinski definition) is 1. The Hall–Kier alpha value is -0.730. The predicted octanol–water partition coefficient (Wildman–Crippen LogP) is -0.205.